The van der Waals surface area contributed by atoms with Crippen molar-refractivity contribution in [2.45, 2.75) is 30.8 Å². The summed E-state index contributed by atoms with van der Waals surface area (Å²) < 4.78 is 5.46. The summed E-state index contributed by atoms with van der Waals surface area (Å²) in [7, 11) is 0. The minimum absolute atomic E-state index is 0.264. The normalized spacial score (nSPS) is 41.4. The number of fused-ring (bicyclic) bond motifs is 1. The smallest absolute Gasteiger partial charge is 0.0594 e. The molecule has 3 rings (SSSR count). The molecule has 2 N–H and O–H groups in total. The maximum atomic E-state index is 6.15. The van der Waals surface area contributed by atoms with Crippen LogP contribution in [0.15, 0.2) is 0 Å². The van der Waals surface area contributed by atoms with Crippen molar-refractivity contribution in [2.75, 3.05) is 45.9 Å². The number of morpholine rings is 1. The van der Waals surface area contributed by atoms with Crippen molar-refractivity contribution in [3.63, 3.8) is 0 Å². The third-order valence-electron chi connectivity index (χ3n) is 4.81. The zero-order valence-electron chi connectivity index (χ0n) is 10.0. The first-order chi connectivity index (χ1) is 7.87. The van der Waals surface area contributed by atoms with E-state index in [-0.39, 0.29) is 5.54 Å². The Morgan fingerprint density at radius 3 is 2.75 bits per heavy atom. The van der Waals surface area contributed by atoms with Gasteiger partial charge in [0.15, 0.2) is 0 Å². The first-order valence-corrected chi connectivity index (χ1v) is 6.64. The summed E-state index contributed by atoms with van der Waals surface area (Å²) in [6, 6.07) is 0.718. The van der Waals surface area contributed by atoms with Crippen LogP contribution in [0, 0.1) is 0 Å². The van der Waals surface area contributed by atoms with E-state index in [1.54, 1.807) is 0 Å². The van der Waals surface area contributed by atoms with E-state index in [2.05, 4.69) is 9.80 Å². The van der Waals surface area contributed by atoms with E-state index in [0.29, 0.717) is 0 Å². The molecular formula is C12H23N3O. The third-order valence-corrected chi connectivity index (χ3v) is 4.81. The zero-order chi connectivity index (χ0) is 11.0. The van der Waals surface area contributed by atoms with Crippen LogP contribution in [-0.2, 0) is 4.74 Å². The molecule has 0 radical (unpaired) electrons. The quantitative estimate of drug-likeness (QED) is 0.712. The van der Waals surface area contributed by atoms with Gasteiger partial charge < -0.3 is 10.5 Å². The molecule has 16 heavy (non-hydrogen) atoms. The van der Waals surface area contributed by atoms with Crippen LogP contribution in [0.3, 0.4) is 0 Å². The summed E-state index contributed by atoms with van der Waals surface area (Å²) in [5.41, 5.74) is 6.41. The first-order valence-electron chi connectivity index (χ1n) is 6.64. The highest BCUT2D eigenvalue weighted by atomic mass is 16.5. The average molecular weight is 225 g/mol. The van der Waals surface area contributed by atoms with Crippen molar-refractivity contribution in [1.29, 1.82) is 0 Å². The maximum absolute atomic E-state index is 6.15. The Morgan fingerprint density at radius 2 is 2.00 bits per heavy atom. The van der Waals surface area contributed by atoms with Crippen LogP contribution in [0.1, 0.15) is 19.3 Å². The Kier molecular flexibility index (Phi) is 2.92. The molecule has 4 heteroatoms. The van der Waals surface area contributed by atoms with Gasteiger partial charge in [0.2, 0.25) is 0 Å². The van der Waals surface area contributed by atoms with Gasteiger partial charge in [-0.05, 0) is 25.8 Å². The molecule has 0 aromatic carbocycles. The van der Waals surface area contributed by atoms with Gasteiger partial charge in [-0.15, -0.1) is 0 Å². The number of hydrogen-bond donors (Lipinski definition) is 1. The fourth-order valence-electron chi connectivity index (χ4n) is 3.95. The van der Waals surface area contributed by atoms with Crippen molar-refractivity contribution in [3.05, 3.63) is 0 Å². The van der Waals surface area contributed by atoms with E-state index in [1.807, 2.05) is 0 Å². The van der Waals surface area contributed by atoms with Crippen LogP contribution in [0.4, 0.5) is 0 Å². The first kappa shape index (κ1) is 11.0. The standard InChI is InChI=1S/C12H23N3O/c13-10-12(15-6-8-16-9-7-15)3-5-14-4-1-2-11(12)14/h11H,1-10,13H2. The summed E-state index contributed by atoms with van der Waals surface area (Å²) in [5.74, 6) is 0. The van der Waals surface area contributed by atoms with Gasteiger partial charge >= 0.3 is 0 Å². The maximum Gasteiger partial charge on any atom is 0.0594 e. The van der Waals surface area contributed by atoms with Crippen molar-refractivity contribution in [2.24, 2.45) is 5.73 Å². The van der Waals surface area contributed by atoms with Crippen LogP contribution in [0.2, 0.25) is 0 Å². The zero-order valence-corrected chi connectivity index (χ0v) is 10.0. The Balaban J connectivity index is 1.81. The van der Waals surface area contributed by atoms with Gasteiger partial charge in [-0.1, -0.05) is 0 Å². The molecule has 2 unspecified atom stereocenters. The summed E-state index contributed by atoms with van der Waals surface area (Å²) in [5, 5.41) is 0. The van der Waals surface area contributed by atoms with Crippen LogP contribution in [0.25, 0.3) is 0 Å². The SMILES string of the molecule is NCC1(N2CCOCC2)CCN2CCCC21. The van der Waals surface area contributed by atoms with Gasteiger partial charge in [-0.2, -0.15) is 0 Å². The lowest BCUT2D eigenvalue weighted by Gasteiger charge is -2.46. The van der Waals surface area contributed by atoms with Gasteiger partial charge in [-0.25, -0.2) is 0 Å². The predicted octanol–water partition coefficient (Wildman–Crippen LogP) is -0.116. The molecule has 0 saturated carbocycles. The number of rotatable bonds is 2. The second-order valence-corrected chi connectivity index (χ2v) is 5.35. The average Bonchev–Trinajstić information content (AvgIpc) is 2.92. The van der Waals surface area contributed by atoms with E-state index in [0.717, 1.165) is 38.9 Å². The van der Waals surface area contributed by atoms with E-state index in [4.69, 9.17) is 10.5 Å². The summed E-state index contributed by atoms with van der Waals surface area (Å²) in [6.45, 7) is 7.26. The van der Waals surface area contributed by atoms with Crippen LogP contribution in [0.5, 0.6) is 0 Å². The molecule has 92 valence electrons. The minimum Gasteiger partial charge on any atom is -0.379 e. The highest BCUT2D eigenvalue weighted by molar-refractivity contribution is 5.10. The summed E-state index contributed by atoms with van der Waals surface area (Å²) >= 11 is 0. The number of nitrogens with two attached hydrogens (primary N) is 1. The second-order valence-electron chi connectivity index (χ2n) is 5.35. The van der Waals surface area contributed by atoms with E-state index < -0.39 is 0 Å². The molecule has 3 fully saturated rings. The summed E-state index contributed by atoms with van der Waals surface area (Å²) in [6.07, 6.45) is 3.96. The Morgan fingerprint density at radius 1 is 1.19 bits per heavy atom. The van der Waals surface area contributed by atoms with Crippen molar-refractivity contribution < 1.29 is 4.74 Å². The third kappa shape index (κ3) is 1.51. The van der Waals surface area contributed by atoms with Gasteiger partial charge in [0, 0.05) is 32.2 Å². The lowest BCUT2D eigenvalue weighted by Crippen LogP contribution is -2.62. The minimum atomic E-state index is 0.264. The molecule has 0 bridgehead atoms. The highest BCUT2D eigenvalue weighted by Crippen LogP contribution is 2.39. The van der Waals surface area contributed by atoms with Crippen molar-refractivity contribution >= 4 is 0 Å². The topological polar surface area (TPSA) is 41.7 Å². The molecule has 4 nitrogen and oxygen atoms in total. The van der Waals surface area contributed by atoms with Crippen LogP contribution < -0.4 is 5.73 Å². The lowest BCUT2D eigenvalue weighted by molar-refractivity contribution is -0.0292. The van der Waals surface area contributed by atoms with E-state index in [9.17, 15) is 0 Å². The molecular weight excluding hydrogens is 202 g/mol. The monoisotopic (exact) mass is 225 g/mol. The molecule has 2 atom stereocenters. The lowest BCUT2D eigenvalue weighted by atomic mass is 9.86. The Labute approximate surface area is 97.7 Å². The number of nitrogens with zero attached hydrogens (tertiary/aromatic N) is 2. The van der Waals surface area contributed by atoms with E-state index in [1.165, 1.54) is 32.4 Å². The van der Waals surface area contributed by atoms with Crippen LogP contribution in [-0.4, -0.2) is 67.3 Å². The van der Waals surface area contributed by atoms with Gasteiger partial charge in [-0.3, -0.25) is 9.80 Å². The molecule has 3 heterocycles. The van der Waals surface area contributed by atoms with E-state index >= 15 is 0 Å². The molecule has 3 saturated heterocycles. The predicted molar refractivity (Wildman–Crippen MR) is 63.4 cm³/mol. The Bertz CT molecular complexity index is 255. The fourth-order valence-corrected chi connectivity index (χ4v) is 3.95. The molecule has 0 aliphatic carbocycles. The van der Waals surface area contributed by atoms with Crippen LogP contribution >= 0.6 is 0 Å². The van der Waals surface area contributed by atoms with Gasteiger partial charge in [0.1, 0.15) is 0 Å². The molecule has 0 aromatic heterocycles. The Hall–Kier alpha value is -0.160. The van der Waals surface area contributed by atoms with Gasteiger partial charge in [0.25, 0.3) is 0 Å². The highest BCUT2D eigenvalue weighted by Gasteiger charge is 2.51. The van der Waals surface area contributed by atoms with Crippen molar-refractivity contribution in [1.82, 2.24) is 9.80 Å². The molecule has 3 aliphatic rings. The molecule has 3 aliphatic heterocycles. The van der Waals surface area contributed by atoms with Crippen molar-refractivity contribution in [3.8, 4) is 0 Å². The van der Waals surface area contributed by atoms with Gasteiger partial charge in [0.05, 0.1) is 18.8 Å². The number of hydrogen-bond acceptors (Lipinski definition) is 4. The molecule has 0 amide bonds. The largest absolute Gasteiger partial charge is 0.379 e. The molecule has 0 spiro atoms. The second kappa shape index (κ2) is 4.26. The summed E-state index contributed by atoms with van der Waals surface area (Å²) in [4.78, 5) is 5.27. The number of ether oxygens (including phenoxy) is 1. The molecule has 0 aromatic rings. The fraction of sp³-hybridized carbons (Fsp3) is 1.00.